The van der Waals surface area contributed by atoms with E-state index in [-0.39, 0.29) is 10.6 Å². The molecule has 0 radical (unpaired) electrons. The van der Waals surface area contributed by atoms with Gasteiger partial charge in [-0.2, -0.15) is 0 Å². The molecule has 140 valence electrons. The van der Waals surface area contributed by atoms with Crippen LogP contribution in [0.3, 0.4) is 0 Å². The van der Waals surface area contributed by atoms with Gasteiger partial charge in [-0.05, 0) is 19.1 Å². The molecule has 2 heterocycles. The molecule has 0 atom stereocenters. The summed E-state index contributed by atoms with van der Waals surface area (Å²) in [5, 5.41) is 18.3. The SMILES string of the molecule is CCn1c2cccc([N+](=O)[O-])c2c2c3c4ccccc4sc3c3ccccc3c21. The minimum absolute atomic E-state index is 0.173. The minimum Gasteiger partial charge on any atom is -0.340 e. The molecule has 4 aromatic carbocycles. The Balaban J connectivity index is 2.09. The normalized spacial score (nSPS) is 12.0. The van der Waals surface area contributed by atoms with Gasteiger partial charge in [0.25, 0.3) is 5.69 Å². The number of hydrogen-bond acceptors (Lipinski definition) is 3. The van der Waals surface area contributed by atoms with E-state index in [9.17, 15) is 10.1 Å². The molecule has 6 aromatic rings. The Morgan fingerprint density at radius 3 is 2.34 bits per heavy atom. The van der Waals surface area contributed by atoms with E-state index in [1.807, 2.05) is 18.2 Å². The lowest BCUT2D eigenvalue weighted by molar-refractivity contribution is -0.383. The lowest BCUT2D eigenvalue weighted by Crippen LogP contribution is -1.94. The van der Waals surface area contributed by atoms with Gasteiger partial charge in [0.15, 0.2) is 0 Å². The molecule has 0 aliphatic rings. The highest BCUT2D eigenvalue weighted by Gasteiger charge is 2.25. The molecular formula is C24H16N2O2S. The molecule has 2 aromatic heterocycles. The number of nitrogens with zero attached hydrogens (tertiary/aromatic N) is 2. The largest absolute Gasteiger partial charge is 0.340 e. The molecule has 0 spiro atoms. The highest BCUT2D eigenvalue weighted by Crippen LogP contribution is 2.48. The molecule has 4 nitrogen and oxygen atoms in total. The molecule has 29 heavy (non-hydrogen) atoms. The first kappa shape index (κ1) is 16.5. The van der Waals surface area contributed by atoms with Gasteiger partial charge in [0, 0.05) is 48.9 Å². The summed E-state index contributed by atoms with van der Waals surface area (Å²) in [6, 6.07) is 22.2. The van der Waals surface area contributed by atoms with Crippen molar-refractivity contribution in [3.8, 4) is 0 Å². The maximum atomic E-state index is 12.0. The number of hydrogen-bond donors (Lipinski definition) is 0. The number of nitro benzene ring substituents is 1. The van der Waals surface area contributed by atoms with Gasteiger partial charge < -0.3 is 4.57 Å². The van der Waals surface area contributed by atoms with Gasteiger partial charge in [0.2, 0.25) is 0 Å². The summed E-state index contributed by atoms with van der Waals surface area (Å²) in [6.07, 6.45) is 0. The number of rotatable bonds is 2. The molecule has 0 amide bonds. The van der Waals surface area contributed by atoms with Crippen LogP contribution in [0.1, 0.15) is 6.92 Å². The smallest absolute Gasteiger partial charge is 0.279 e. The summed E-state index contributed by atoms with van der Waals surface area (Å²) in [4.78, 5) is 11.7. The second-order valence-corrected chi connectivity index (χ2v) is 8.30. The molecule has 5 heteroatoms. The van der Waals surface area contributed by atoms with Crippen LogP contribution in [-0.4, -0.2) is 9.49 Å². The lowest BCUT2D eigenvalue weighted by atomic mass is 9.99. The third-order valence-electron chi connectivity index (χ3n) is 5.85. The van der Waals surface area contributed by atoms with E-state index in [0.29, 0.717) is 0 Å². The van der Waals surface area contributed by atoms with Gasteiger partial charge in [-0.25, -0.2) is 0 Å². The number of non-ortho nitro benzene ring substituents is 1. The van der Waals surface area contributed by atoms with E-state index in [1.54, 1.807) is 23.5 Å². The summed E-state index contributed by atoms with van der Waals surface area (Å²) >= 11 is 1.77. The number of fused-ring (bicyclic) bond motifs is 10. The van der Waals surface area contributed by atoms with Crippen molar-refractivity contribution < 1.29 is 4.92 Å². The molecular weight excluding hydrogens is 380 g/mol. The zero-order valence-electron chi connectivity index (χ0n) is 15.7. The van der Waals surface area contributed by atoms with Crippen LogP contribution >= 0.6 is 11.3 Å². The monoisotopic (exact) mass is 396 g/mol. The number of nitro groups is 1. The van der Waals surface area contributed by atoms with Crippen molar-refractivity contribution in [3.63, 3.8) is 0 Å². The van der Waals surface area contributed by atoms with Gasteiger partial charge in [0.1, 0.15) is 0 Å². The lowest BCUT2D eigenvalue weighted by Gasteiger charge is -2.08. The summed E-state index contributed by atoms with van der Waals surface area (Å²) in [6.45, 7) is 2.85. The van der Waals surface area contributed by atoms with Crippen LogP contribution in [-0.2, 0) is 6.54 Å². The van der Waals surface area contributed by atoms with Crippen LogP contribution in [0.25, 0.3) is 52.8 Å². The summed E-state index contributed by atoms with van der Waals surface area (Å²) in [5.41, 5.74) is 2.18. The Bertz CT molecular complexity index is 1620. The van der Waals surface area contributed by atoms with Crippen molar-refractivity contribution in [2.45, 2.75) is 13.5 Å². The number of benzene rings is 4. The van der Waals surface area contributed by atoms with Crippen molar-refractivity contribution >= 4 is 69.8 Å². The highest BCUT2D eigenvalue weighted by molar-refractivity contribution is 7.27. The van der Waals surface area contributed by atoms with Gasteiger partial charge in [-0.1, -0.05) is 48.5 Å². The second-order valence-electron chi connectivity index (χ2n) is 7.24. The molecule has 0 aliphatic carbocycles. The molecule has 0 saturated carbocycles. The fraction of sp³-hybridized carbons (Fsp3) is 0.0833. The molecule has 0 fully saturated rings. The Morgan fingerprint density at radius 1 is 0.862 bits per heavy atom. The molecule has 0 unspecified atom stereocenters. The predicted molar refractivity (Wildman–Crippen MR) is 122 cm³/mol. The first-order valence-corrected chi connectivity index (χ1v) is 10.4. The van der Waals surface area contributed by atoms with Crippen molar-refractivity contribution in [2.24, 2.45) is 0 Å². The van der Waals surface area contributed by atoms with E-state index >= 15 is 0 Å². The standard InChI is InChI=1S/C24H16N2O2S/c1-2-25-17-11-7-12-18(26(27)28)21(17)22-20-16-10-5-6-13-19(16)29-24(20)15-9-4-3-8-14(15)23(22)25/h3-13H,2H2,1H3. The number of aryl methyl sites for hydroxylation is 1. The molecule has 0 aliphatic heterocycles. The van der Waals surface area contributed by atoms with Crippen LogP contribution in [0.15, 0.2) is 66.7 Å². The Hall–Kier alpha value is -3.44. The molecule has 0 bridgehead atoms. The van der Waals surface area contributed by atoms with Crippen molar-refractivity contribution in [1.29, 1.82) is 0 Å². The summed E-state index contributed by atoms with van der Waals surface area (Å²) in [5.74, 6) is 0. The summed E-state index contributed by atoms with van der Waals surface area (Å²) < 4.78 is 4.63. The Morgan fingerprint density at radius 2 is 1.59 bits per heavy atom. The van der Waals surface area contributed by atoms with E-state index in [4.69, 9.17) is 0 Å². The van der Waals surface area contributed by atoms with Gasteiger partial charge in [-0.15, -0.1) is 11.3 Å². The van der Waals surface area contributed by atoms with Crippen molar-refractivity contribution in [2.75, 3.05) is 0 Å². The van der Waals surface area contributed by atoms with E-state index in [2.05, 4.69) is 47.9 Å². The zero-order valence-corrected chi connectivity index (χ0v) is 16.5. The van der Waals surface area contributed by atoms with Crippen molar-refractivity contribution in [1.82, 2.24) is 4.57 Å². The fourth-order valence-corrected chi connectivity index (χ4v) is 6.01. The van der Waals surface area contributed by atoms with Crippen LogP contribution in [0.2, 0.25) is 0 Å². The maximum Gasteiger partial charge on any atom is 0.279 e. The number of thiophene rings is 1. The quantitative estimate of drug-likeness (QED) is 0.229. The fourth-order valence-electron chi connectivity index (χ4n) is 4.76. The van der Waals surface area contributed by atoms with Crippen LogP contribution in [0.5, 0.6) is 0 Å². The highest BCUT2D eigenvalue weighted by atomic mass is 32.1. The Kier molecular flexibility index (Phi) is 3.29. The first-order valence-electron chi connectivity index (χ1n) is 9.62. The second kappa shape index (κ2) is 5.78. The van der Waals surface area contributed by atoms with E-state index in [0.717, 1.165) is 44.5 Å². The Labute approximate surface area is 169 Å². The predicted octanol–water partition coefficient (Wildman–Crippen LogP) is 7.24. The average Bonchev–Trinajstić information content (AvgIpc) is 3.29. The van der Waals surface area contributed by atoms with E-state index < -0.39 is 0 Å². The molecule has 0 N–H and O–H groups in total. The van der Waals surface area contributed by atoms with Crippen LogP contribution in [0, 0.1) is 10.1 Å². The third kappa shape index (κ3) is 2.03. The van der Waals surface area contributed by atoms with Gasteiger partial charge >= 0.3 is 0 Å². The van der Waals surface area contributed by atoms with E-state index in [1.165, 1.54) is 14.8 Å². The third-order valence-corrected chi connectivity index (χ3v) is 7.06. The van der Waals surface area contributed by atoms with Crippen LogP contribution < -0.4 is 0 Å². The van der Waals surface area contributed by atoms with Gasteiger partial charge in [-0.3, -0.25) is 10.1 Å². The topological polar surface area (TPSA) is 48.1 Å². The minimum atomic E-state index is -0.253. The maximum absolute atomic E-state index is 12.0. The zero-order chi connectivity index (χ0) is 19.7. The first-order chi connectivity index (χ1) is 14.2. The van der Waals surface area contributed by atoms with Crippen LogP contribution in [0.4, 0.5) is 5.69 Å². The van der Waals surface area contributed by atoms with Crippen molar-refractivity contribution in [3.05, 3.63) is 76.8 Å². The van der Waals surface area contributed by atoms with Gasteiger partial charge in [0.05, 0.1) is 21.3 Å². The molecule has 6 rings (SSSR count). The number of aromatic nitrogens is 1. The molecule has 0 saturated heterocycles. The summed E-state index contributed by atoms with van der Waals surface area (Å²) in [7, 11) is 0. The average molecular weight is 396 g/mol.